The SMILES string of the molecule is Fc1ccc(Sc2ccnc3cc(Cl)ccc23)cc1. The molecule has 0 N–H and O–H groups in total. The van der Waals surface area contributed by atoms with Crippen LogP contribution in [0.2, 0.25) is 5.02 Å². The van der Waals surface area contributed by atoms with Gasteiger partial charge in [0.1, 0.15) is 5.82 Å². The molecule has 0 spiro atoms. The zero-order valence-electron chi connectivity index (χ0n) is 9.81. The van der Waals surface area contributed by atoms with Crippen LogP contribution in [0, 0.1) is 5.82 Å². The van der Waals surface area contributed by atoms with Gasteiger partial charge in [-0.1, -0.05) is 29.4 Å². The molecule has 0 amide bonds. The molecule has 0 unspecified atom stereocenters. The summed E-state index contributed by atoms with van der Waals surface area (Å²) in [6.07, 6.45) is 1.75. The fourth-order valence-corrected chi connectivity index (χ4v) is 2.92. The van der Waals surface area contributed by atoms with Crippen molar-refractivity contribution in [1.29, 1.82) is 0 Å². The molecule has 1 aromatic heterocycles. The molecule has 3 rings (SSSR count). The maximum Gasteiger partial charge on any atom is 0.123 e. The predicted octanol–water partition coefficient (Wildman–Crippen LogP) is 5.18. The van der Waals surface area contributed by atoms with Gasteiger partial charge in [0.15, 0.2) is 0 Å². The molecule has 0 saturated heterocycles. The third kappa shape index (κ3) is 2.72. The first-order valence-corrected chi connectivity index (χ1v) is 6.89. The number of halogens is 2. The maximum absolute atomic E-state index is 12.9. The fourth-order valence-electron chi connectivity index (χ4n) is 1.81. The Bertz CT molecular complexity index is 728. The summed E-state index contributed by atoms with van der Waals surface area (Å²) >= 11 is 7.54. The molecule has 0 aliphatic heterocycles. The van der Waals surface area contributed by atoms with Gasteiger partial charge in [-0.2, -0.15) is 0 Å². The zero-order chi connectivity index (χ0) is 13.2. The van der Waals surface area contributed by atoms with Crippen LogP contribution >= 0.6 is 23.4 Å². The Morgan fingerprint density at radius 3 is 2.58 bits per heavy atom. The van der Waals surface area contributed by atoms with Crippen LogP contribution in [0.5, 0.6) is 0 Å². The van der Waals surface area contributed by atoms with E-state index >= 15 is 0 Å². The lowest BCUT2D eigenvalue weighted by Crippen LogP contribution is -1.82. The van der Waals surface area contributed by atoms with Crippen molar-refractivity contribution in [3.05, 3.63) is 65.6 Å². The molecule has 0 aliphatic carbocycles. The summed E-state index contributed by atoms with van der Waals surface area (Å²) in [5, 5.41) is 1.71. The van der Waals surface area contributed by atoms with Crippen LogP contribution in [0.25, 0.3) is 10.9 Å². The first-order chi connectivity index (χ1) is 9.22. The van der Waals surface area contributed by atoms with Crippen LogP contribution in [-0.2, 0) is 0 Å². The van der Waals surface area contributed by atoms with E-state index in [-0.39, 0.29) is 5.82 Å². The second kappa shape index (κ2) is 5.19. The second-order valence-electron chi connectivity index (χ2n) is 4.03. The molecule has 0 fully saturated rings. The zero-order valence-corrected chi connectivity index (χ0v) is 11.4. The second-order valence-corrected chi connectivity index (χ2v) is 5.58. The van der Waals surface area contributed by atoms with E-state index in [0.29, 0.717) is 5.02 Å². The Morgan fingerprint density at radius 1 is 1.00 bits per heavy atom. The number of hydrogen-bond acceptors (Lipinski definition) is 2. The van der Waals surface area contributed by atoms with Crippen LogP contribution < -0.4 is 0 Å². The number of fused-ring (bicyclic) bond motifs is 1. The van der Waals surface area contributed by atoms with E-state index < -0.39 is 0 Å². The van der Waals surface area contributed by atoms with Gasteiger partial charge in [-0.3, -0.25) is 4.98 Å². The lowest BCUT2D eigenvalue weighted by atomic mass is 10.2. The molecule has 0 saturated carbocycles. The van der Waals surface area contributed by atoms with Crippen molar-refractivity contribution >= 4 is 34.3 Å². The van der Waals surface area contributed by atoms with Crippen LogP contribution in [0.4, 0.5) is 4.39 Å². The molecule has 0 radical (unpaired) electrons. The standard InChI is InChI=1S/C15H9ClFNS/c16-10-1-6-13-14(9-10)18-8-7-15(13)19-12-4-2-11(17)3-5-12/h1-9H. The molecule has 0 bridgehead atoms. The van der Waals surface area contributed by atoms with Gasteiger partial charge in [0.05, 0.1) is 5.52 Å². The third-order valence-electron chi connectivity index (χ3n) is 2.71. The molecule has 1 heterocycles. The van der Waals surface area contributed by atoms with Gasteiger partial charge in [0.25, 0.3) is 0 Å². The molecule has 4 heteroatoms. The van der Waals surface area contributed by atoms with Gasteiger partial charge < -0.3 is 0 Å². The van der Waals surface area contributed by atoms with Gasteiger partial charge in [-0.05, 0) is 42.5 Å². The molecular formula is C15H9ClFNS. The molecular weight excluding hydrogens is 281 g/mol. The number of hydrogen-bond donors (Lipinski definition) is 0. The van der Waals surface area contributed by atoms with Crippen molar-refractivity contribution < 1.29 is 4.39 Å². The van der Waals surface area contributed by atoms with Gasteiger partial charge in [0.2, 0.25) is 0 Å². The highest BCUT2D eigenvalue weighted by molar-refractivity contribution is 7.99. The minimum atomic E-state index is -0.226. The number of rotatable bonds is 2. The molecule has 0 atom stereocenters. The Hall–Kier alpha value is -1.58. The van der Waals surface area contributed by atoms with Gasteiger partial charge in [-0.15, -0.1) is 0 Å². The Labute approximate surface area is 119 Å². The summed E-state index contributed by atoms with van der Waals surface area (Å²) < 4.78 is 12.9. The third-order valence-corrected chi connectivity index (χ3v) is 4.03. The minimum Gasteiger partial charge on any atom is -0.256 e. The van der Waals surface area contributed by atoms with Crippen LogP contribution in [0.1, 0.15) is 0 Å². The van der Waals surface area contributed by atoms with Crippen molar-refractivity contribution in [3.63, 3.8) is 0 Å². The van der Waals surface area contributed by atoms with E-state index in [4.69, 9.17) is 11.6 Å². The molecule has 19 heavy (non-hydrogen) atoms. The van der Waals surface area contributed by atoms with E-state index in [9.17, 15) is 4.39 Å². The Kier molecular flexibility index (Phi) is 3.40. The van der Waals surface area contributed by atoms with Crippen molar-refractivity contribution in [1.82, 2.24) is 4.98 Å². The van der Waals surface area contributed by atoms with Crippen LogP contribution in [0.15, 0.2) is 64.5 Å². The highest BCUT2D eigenvalue weighted by atomic mass is 35.5. The summed E-state index contributed by atoms with van der Waals surface area (Å²) in [5.74, 6) is -0.226. The van der Waals surface area contributed by atoms with E-state index in [1.807, 2.05) is 24.3 Å². The molecule has 1 nitrogen and oxygen atoms in total. The fraction of sp³-hybridized carbons (Fsp3) is 0. The van der Waals surface area contributed by atoms with Gasteiger partial charge >= 0.3 is 0 Å². The largest absolute Gasteiger partial charge is 0.256 e. The highest BCUT2D eigenvalue weighted by Crippen LogP contribution is 2.33. The molecule has 94 valence electrons. The van der Waals surface area contributed by atoms with E-state index in [1.54, 1.807) is 30.1 Å². The van der Waals surface area contributed by atoms with Crippen LogP contribution in [-0.4, -0.2) is 4.98 Å². The van der Waals surface area contributed by atoms with Crippen molar-refractivity contribution in [2.24, 2.45) is 0 Å². The lowest BCUT2D eigenvalue weighted by Gasteiger charge is -2.06. The average molecular weight is 290 g/mol. The normalized spacial score (nSPS) is 10.8. The summed E-state index contributed by atoms with van der Waals surface area (Å²) in [5.41, 5.74) is 0.861. The van der Waals surface area contributed by atoms with E-state index in [1.165, 1.54) is 12.1 Å². The predicted molar refractivity (Wildman–Crippen MR) is 77.3 cm³/mol. The molecule has 2 aromatic carbocycles. The number of aromatic nitrogens is 1. The summed E-state index contributed by atoms with van der Waals surface area (Å²) in [7, 11) is 0. The number of nitrogens with zero attached hydrogens (tertiary/aromatic N) is 1. The van der Waals surface area contributed by atoms with Crippen LogP contribution in [0.3, 0.4) is 0 Å². The minimum absolute atomic E-state index is 0.226. The van der Waals surface area contributed by atoms with Gasteiger partial charge in [-0.25, -0.2) is 4.39 Å². The number of pyridine rings is 1. The van der Waals surface area contributed by atoms with Crippen molar-refractivity contribution in [2.75, 3.05) is 0 Å². The Morgan fingerprint density at radius 2 is 1.79 bits per heavy atom. The topological polar surface area (TPSA) is 12.9 Å². The monoisotopic (exact) mass is 289 g/mol. The molecule has 3 aromatic rings. The smallest absolute Gasteiger partial charge is 0.123 e. The lowest BCUT2D eigenvalue weighted by molar-refractivity contribution is 0.626. The Balaban J connectivity index is 2.03. The van der Waals surface area contributed by atoms with E-state index in [0.717, 1.165) is 20.7 Å². The summed E-state index contributed by atoms with van der Waals surface area (Å²) in [4.78, 5) is 6.37. The number of benzene rings is 2. The van der Waals surface area contributed by atoms with Crippen molar-refractivity contribution in [2.45, 2.75) is 9.79 Å². The van der Waals surface area contributed by atoms with E-state index in [2.05, 4.69) is 4.98 Å². The van der Waals surface area contributed by atoms with Gasteiger partial charge in [0, 0.05) is 26.4 Å². The summed E-state index contributed by atoms with van der Waals surface area (Å²) in [6.45, 7) is 0. The highest BCUT2D eigenvalue weighted by Gasteiger charge is 2.04. The first kappa shape index (κ1) is 12.5. The quantitative estimate of drug-likeness (QED) is 0.645. The van der Waals surface area contributed by atoms with Crippen molar-refractivity contribution in [3.8, 4) is 0 Å². The maximum atomic E-state index is 12.9. The average Bonchev–Trinajstić information content (AvgIpc) is 2.41. The molecule has 0 aliphatic rings. The first-order valence-electron chi connectivity index (χ1n) is 5.70. The summed E-state index contributed by atoms with van der Waals surface area (Å²) in [6, 6.07) is 14.0.